The maximum atomic E-state index is 12.2. The summed E-state index contributed by atoms with van der Waals surface area (Å²) in [4.78, 5) is 21.8. The highest BCUT2D eigenvalue weighted by molar-refractivity contribution is 5.77. The summed E-state index contributed by atoms with van der Waals surface area (Å²) in [6.07, 6.45) is 2.87. The van der Waals surface area contributed by atoms with Gasteiger partial charge in [0.15, 0.2) is 0 Å². The molecule has 5 nitrogen and oxygen atoms in total. The lowest BCUT2D eigenvalue weighted by Crippen LogP contribution is -2.33. The van der Waals surface area contributed by atoms with Gasteiger partial charge in [-0.1, -0.05) is 18.6 Å². The number of aliphatic hydroxyl groups is 1. The second-order valence-electron chi connectivity index (χ2n) is 6.34. The van der Waals surface area contributed by atoms with Gasteiger partial charge < -0.3 is 10.1 Å². The fourth-order valence-electron chi connectivity index (χ4n) is 3.27. The molecule has 0 radical (unpaired) electrons. The van der Waals surface area contributed by atoms with Crippen molar-refractivity contribution in [3.8, 4) is 0 Å². The molecule has 1 heterocycles. The van der Waals surface area contributed by atoms with Gasteiger partial charge >= 0.3 is 0 Å². The zero-order chi connectivity index (χ0) is 15.7. The maximum Gasteiger partial charge on any atom is 0.258 e. The lowest BCUT2D eigenvalue weighted by atomic mass is 10.0. The lowest BCUT2D eigenvalue weighted by molar-refractivity contribution is 0.0978. The molecular weight excluding hydrogens is 278 g/mol. The Kier molecular flexibility index (Phi) is 4.27. The van der Waals surface area contributed by atoms with Crippen molar-refractivity contribution in [2.24, 2.45) is 5.92 Å². The summed E-state index contributed by atoms with van der Waals surface area (Å²) in [5.74, 6) is 0.998. The van der Waals surface area contributed by atoms with Crippen LogP contribution in [0.4, 0.5) is 0 Å². The first-order valence-corrected chi connectivity index (χ1v) is 7.93. The van der Waals surface area contributed by atoms with E-state index >= 15 is 0 Å². The summed E-state index contributed by atoms with van der Waals surface area (Å²) in [7, 11) is 2.02. The molecule has 2 N–H and O–H groups in total. The van der Waals surface area contributed by atoms with Crippen LogP contribution >= 0.6 is 0 Å². The highest BCUT2D eigenvalue weighted by Gasteiger charge is 2.28. The molecule has 118 valence electrons. The minimum Gasteiger partial charge on any atom is -0.393 e. The van der Waals surface area contributed by atoms with Crippen LogP contribution in [0.2, 0.25) is 0 Å². The highest BCUT2D eigenvalue weighted by Crippen LogP contribution is 2.28. The van der Waals surface area contributed by atoms with Gasteiger partial charge in [0.1, 0.15) is 5.82 Å². The highest BCUT2D eigenvalue weighted by atomic mass is 16.3. The zero-order valence-electron chi connectivity index (χ0n) is 13.1. The van der Waals surface area contributed by atoms with Crippen LogP contribution in [0, 0.1) is 5.92 Å². The van der Waals surface area contributed by atoms with Crippen LogP contribution in [0.25, 0.3) is 10.9 Å². The van der Waals surface area contributed by atoms with Gasteiger partial charge in [0.2, 0.25) is 0 Å². The predicted molar refractivity (Wildman–Crippen MR) is 86.8 cm³/mol. The number of rotatable bonds is 4. The number of nitrogens with one attached hydrogen (secondary N) is 1. The van der Waals surface area contributed by atoms with Gasteiger partial charge in [0.05, 0.1) is 23.0 Å². The van der Waals surface area contributed by atoms with Crippen LogP contribution in [0.5, 0.6) is 0 Å². The molecule has 1 aliphatic carbocycles. The minimum atomic E-state index is -0.196. The van der Waals surface area contributed by atoms with Crippen LogP contribution in [0.15, 0.2) is 29.1 Å². The van der Waals surface area contributed by atoms with E-state index in [1.165, 1.54) is 0 Å². The third kappa shape index (κ3) is 2.91. The van der Waals surface area contributed by atoms with Gasteiger partial charge in [-0.3, -0.25) is 9.69 Å². The molecule has 3 unspecified atom stereocenters. The predicted octanol–water partition coefficient (Wildman–Crippen LogP) is 2.08. The number of hydrogen-bond donors (Lipinski definition) is 2. The van der Waals surface area contributed by atoms with Gasteiger partial charge in [-0.15, -0.1) is 0 Å². The Balaban J connectivity index is 1.82. The third-order valence-electron chi connectivity index (χ3n) is 4.83. The van der Waals surface area contributed by atoms with Crippen LogP contribution in [0.3, 0.4) is 0 Å². The lowest BCUT2D eigenvalue weighted by Gasteiger charge is -2.28. The SMILES string of the molecule is CC(c1nc2ccccc2c(=O)[nH]1)N(C)CC1CCCC1O. The Morgan fingerprint density at radius 3 is 2.91 bits per heavy atom. The number of nitrogens with zero attached hydrogens (tertiary/aromatic N) is 2. The van der Waals surface area contributed by atoms with E-state index in [-0.39, 0.29) is 17.7 Å². The average molecular weight is 301 g/mol. The molecule has 0 amide bonds. The van der Waals surface area contributed by atoms with Crippen molar-refractivity contribution in [1.82, 2.24) is 14.9 Å². The van der Waals surface area contributed by atoms with Crippen molar-refractivity contribution in [1.29, 1.82) is 0 Å². The molecule has 1 saturated carbocycles. The van der Waals surface area contributed by atoms with E-state index in [0.717, 1.165) is 31.3 Å². The Morgan fingerprint density at radius 1 is 1.41 bits per heavy atom. The molecule has 22 heavy (non-hydrogen) atoms. The first-order chi connectivity index (χ1) is 10.6. The fourth-order valence-corrected chi connectivity index (χ4v) is 3.27. The summed E-state index contributed by atoms with van der Waals surface area (Å²) in [5.41, 5.74) is 0.629. The third-order valence-corrected chi connectivity index (χ3v) is 4.83. The standard InChI is InChI=1S/C17H23N3O2/c1-11(20(2)10-12-6-5-9-15(12)21)16-18-14-8-4-3-7-13(14)17(22)19-16/h3-4,7-8,11-12,15,21H,5-6,9-10H2,1-2H3,(H,18,19,22). The van der Waals surface area contributed by atoms with E-state index in [9.17, 15) is 9.90 Å². The summed E-state index contributed by atoms with van der Waals surface area (Å²) >= 11 is 0. The van der Waals surface area contributed by atoms with E-state index in [2.05, 4.69) is 14.9 Å². The molecule has 0 saturated heterocycles. The van der Waals surface area contributed by atoms with Crippen LogP contribution in [-0.2, 0) is 0 Å². The van der Waals surface area contributed by atoms with E-state index in [0.29, 0.717) is 17.1 Å². The number of aliphatic hydroxyl groups excluding tert-OH is 1. The second kappa shape index (κ2) is 6.18. The molecule has 5 heteroatoms. The Hall–Kier alpha value is -1.72. The normalized spacial score (nSPS) is 23.3. The Morgan fingerprint density at radius 2 is 2.18 bits per heavy atom. The quantitative estimate of drug-likeness (QED) is 0.907. The first kappa shape index (κ1) is 15.2. The van der Waals surface area contributed by atoms with Crippen molar-refractivity contribution >= 4 is 10.9 Å². The van der Waals surface area contributed by atoms with Gasteiger partial charge in [-0.2, -0.15) is 0 Å². The molecule has 0 aliphatic heterocycles. The number of para-hydroxylation sites is 1. The summed E-state index contributed by atoms with van der Waals surface area (Å²) in [6, 6.07) is 7.39. The molecule has 0 bridgehead atoms. The topological polar surface area (TPSA) is 69.2 Å². The Bertz CT molecular complexity index is 712. The monoisotopic (exact) mass is 301 g/mol. The van der Waals surface area contributed by atoms with Gasteiger partial charge in [0, 0.05) is 6.54 Å². The smallest absolute Gasteiger partial charge is 0.258 e. The van der Waals surface area contributed by atoms with Gasteiger partial charge in [-0.25, -0.2) is 4.98 Å². The van der Waals surface area contributed by atoms with Crippen LogP contribution < -0.4 is 5.56 Å². The van der Waals surface area contributed by atoms with Crippen LogP contribution in [0.1, 0.15) is 38.1 Å². The number of H-pyrrole nitrogens is 1. The summed E-state index contributed by atoms with van der Waals surface area (Å²) < 4.78 is 0. The van der Waals surface area contributed by atoms with Gasteiger partial charge in [-0.05, 0) is 44.9 Å². The van der Waals surface area contributed by atoms with Crippen molar-refractivity contribution in [3.63, 3.8) is 0 Å². The fraction of sp³-hybridized carbons (Fsp3) is 0.529. The van der Waals surface area contributed by atoms with Gasteiger partial charge in [0.25, 0.3) is 5.56 Å². The number of aromatic nitrogens is 2. The molecule has 1 aromatic carbocycles. The molecular formula is C17H23N3O2. The van der Waals surface area contributed by atoms with Crippen molar-refractivity contribution in [3.05, 3.63) is 40.4 Å². The molecule has 3 atom stereocenters. The number of aromatic amines is 1. The summed E-state index contributed by atoms with van der Waals surface area (Å²) in [6.45, 7) is 2.85. The second-order valence-corrected chi connectivity index (χ2v) is 6.34. The van der Waals surface area contributed by atoms with Crippen molar-refractivity contribution < 1.29 is 5.11 Å². The van der Waals surface area contributed by atoms with E-state index < -0.39 is 0 Å². The number of hydrogen-bond acceptors (Lipinski definition) is 4. The molecule has 1 aliphatic rings. The first-order valence-electron chi connectivity index (χ1n) is 7.93. The zero-order valence-corrected chi connectivity index (χ0v) is 13.1. The molecule has 3 rings (SSSR count). The average Bonchev–Trinajstić information content (AvgIpc) is 2.91. The molecule has 2 aromatic rings. The van der Waals surface area contributed by atoms with Crippen LogP contribution in [-0.4, -0.2) is 39.7 Å². The summed E-state index contributed by atoms with van der Waals surface area (Å²) in [5, 5.41) is 10.6. The Labute approximate surface area is 130 Å². The molecule has 1 fully saturated rings. The maximum absolute atomic E-state index is 12.2. The van der Waals surface area contributed by atoms with Crippen molar-refractivity contribution in [2.45, 2.75) is 38.3 Å². The number of fused-ring (bicyclic) bond motifs is 1. The van der Waals surface area contributed by atoms with E-state index in [1.807, 2.05) is 32.2 Å². The van der Waals surface area contributed by atoms with E-state index in [4.69, 9.17) is 0 Å². The minimum absolute atomic E-state index is 0.00473. The number of benzene rings is 1. The molecule has 0 spiro atoms. The largest absolute Gasteiger partial charge is 0.393 e. The van der Waals surface area contributed by atoms with E-state index in [1.54, 1.807) is 6.07 Å². The van der Waals surface area contributed by atoms with Crippen molar-refractivity contribution in [2.75, 3.05) is 13.6 Å². The molecule has 1 aromatic heterocycles.